The third-order valence-corrected chi connectivity index (χ3v) is 2.77. The SMILES string of the molecule is CCCCOCCCC.O=C(O)c1ccccc1C(=O)O.OCCO. The molecule has 0 bridgehead atoms. The Balaban J connectivity index is 0. The lowest BCUT2D eigenvalue weighted by molar-refractivity contribution is 0.0651. The van der Waals surface area contributed by atoms with Crippen LogP contribution in [0.25, 0.3) is 0 Å². The van der Waals surface area contributed by atoms with E-state index in [-0.39, 0.29) is 24.3 Å². The van der Waals surface area contributed by atoms with Crippen LogP contribution in [0.4, 0.5) is 0 Å². The van der Waals surface area contributed by atoms with Crippen LogP contribution in [0, 0.1) is 0 Å². The quantitative estimate of drug-likeness (QED) is 0.500. The predicted octanol–water partition coefficient (Wildman–Crippen LogP) is 2.66. The number of hydrogen-bond donors (Lipinski definition) is 4. The number of carboxylic acid groups (broad SMARTS) is 2. The second-order valence-electron chi connectivity index (χ2n) is 4.92. The molecule has 25 heavy (non-hydrogen) atoms. The van der Waals surface area contributed by atoms with Crippen molar-refractivity contribution in [3.05, 3.63) is 35.4 Å². The standard InChI is InChI=1S/C8H6O4.C8H18O.C2H6O2/c9-7(10)5-3-1-2-4-6(5)8(11)12;1-3-5-7-9-8-6-4-2;3-1-2-4/h1-4H,(H,9,10)(H,11,12);3-8H2,1-2H3;3-4H,1-2H2. The van der Waals surface area contributed by atoms with Gasteiger partial charge in [0.1, 0.15) is 0 Å². The van der Waals surface area contributed by atoms with Gasteiger partial charge in [0.2, 0.25) is 0 Å². The highest BCUT2D eigenvalue weighted by molar-refractivity contribution is 6.01. The molecular formula is C18H30O7. The van der Waals surface area contributed by atoms with Crippen molar-refractivity contribution >= 4 is 11.9 Å². The first-order chi connectivity index (χ1) is 12.0. The van der Waals surface area contributed by atoms with Gasteiger partial charge in [0, 0.05) is 13.2 Å². The summed E-state index contributed by atoms with van der Waals surface area (Å²) in [5.41, 5.74) is -0.380. The van der Waals surface area contributed by atoms with E-state index in [4.69, 9.17) is 25.2 Å². The van der Waals surface area contributed by atoms with Crippen molar-refractivity contribution in [1.29, 1.82) is 0 Å². The number of hydrogen-bond acceptors (Lipinski definition) is 5. The maximum absolute atomic E-state index is 10.5. The van der Waals surface area contributed by atoms with E-state index in [1.165, 1.54) is 49.9 Å². The molecule has 1 rings (SSSR count). The Hall–Kier alpha value is -1.96. The van der Waals surface area contributed by atoms with Gasteiger partial charge in [-0.15, -0.1) is 0 Å². The second-order valence-corrected chi connectivity index (χ2v) is 4.92. The lowest BCUT2D eigenvalue weighted by Gasteiger charge is -1.99. The molecule has 0 saturated heterocycles. The number of aliphatic hydroxyl groups excluding tert-OH is 2. The number of carbonyl (C=O) groups is 2. The van der Waals surface area contributed by atoms with Gasteiger partial charge in [-0.25, -0.2) is 9.59 Å². The molecule has 4 N–H and O–H groups in total. The fraction of sp³-hybridized carbons (Fsp3) is 0.556. The largest absolute Gasteiger partial charge is 0.478 e. The molecule has 0 unspecified atom stereocenters. The van der Waals surface area contributed by atoms with Crippen LogP contribution in [-0.2, 0) is 4.74 Å². The predicted molar refractivity (Wildman–Crippen MR) is 95.2 cm³/mol. The first-order valence-corrected chi connectivity index (χ1v) is 8.31. The van der Waals surface area contributed by atoms with E-state index in [9.17, 15) is 9.59 Å². The van der Waals surface area contributed by atoms with Crippen molar-refractivity contribution in [3.63, 3.8) is 0 Å². The summed E-state index contributed by atoms with van der Waals surface area (Å²) in [5.74, 6) is -2.46. The minimum absolute atomic E-state index is 0.125. The zero-order valence-corrected chi connectivity index (χ0v) is 15.0. The third kappa shape index (κ3) is 15.3. The maximum atomic E-state index is 10.5. The van der Waals surface area contributed by atoms with Gasteiger partial charge in [-0.3, -0.25) is 0 Å². The summed E-state index contributed by atoms with van der Waals surface area (Å²) in [5, 5.41) is 32.4. The van der Waals surface area contributed by atoms with Crippen molar-refractivity contribution in [2.75, 3.05) is 26.4 Å². The average Bonchev–Trinajstić information content (AvgIpc) is 2.62. The molecule has 0 aliphatic rings. The summed E-state index contributed by atoms with van der Waals surface area (Å²) < 4.78 is 5.31. The Morgan fingerprint density at radius 2 is 1.20 bits per heavy atom. The van der Waals surface area contributed by atoms with E-state index in [0.29, 0.717) is 0 Å². The number of rotatable bonds is 9. The highest BCUT2D eigenvalue weighted by Gasteiger charge is 2.13. The topological polar surface area (TPSA) is 124 Å². The zero-order valence-electron chi connectivity index (χ0n) is 15.0. The Morgan fingerprint density at radius 3 is 1.44 bits per heavy atom. The number of ether oxygens (including phenoxy) is 1. The summed E-state index contributed by atoms with van der Waals surface area (Å²) in [6.45, 7) is 6.03. The molecule has 7 nitrogen and oxygen atoms in total. The normalized spacial score (nSPS) is 9.28. The summed E-state index contributed by atoms with van der Waals surface area (Å²) in [6, 6.07) is 5.48. The molecule has 0 heterocycles. The Morgan fingerprint density at radius 1 is 0.840 bits per heavy atom. The molecule has 1 aromatic carbocycles. The molecule has 0 amide bonds. The molecular weight excluding hydrogens is 328 g/mol. The number of aliphatic hydroxyl groups is 2. The minimum Gasteiger partial charge on any atom is -0.478 e. The van der Waals surface area contributed by atoms with Crippen LogP contribution < -0.4 is 0 Å². The second kappa shape index (κ2) is 18.4. The first kappa shape index (κ1) is 25.3. The molecule has 1 aromatic rings. The summed E-state index contributed by atoms with van der Waals surface area (Å²) in [6.07, 6.45) is 4.91. The van der Waals surface area contributed by atoms with Gasteiger partial charge in [-0.05, 0) is 25.0 Å². The van der Waals surface area contributed by atoms with Crippen molar-refractivity contribution in [2.45, 2.75) is 39.5 Å². The van der Waals surface area contributed by atoms with Crippen LogP contribution in [0.5, 0.6) is 0 Å². The van der Waals surface area contributed by atoms with Crippen LogP contribution in [-0.4, -0.2) is 58.8 Å². The van der Waals surface area contributed by atoms with Crippen LogP contribution in [0.15, 0.2) is 24.3 Å². The smallest absolute Gasteiger partial charge is 0.336 e. The van der Waals surface area contributed by atoms with Crippen LogP contribution in [0.1, 0.15) is 60.2 Å². The molecule has 0 spiro atoms. The van der Waals surface area contributed by atoms with E-state index in [2.05, 4.69) is 13.8 Å². The third-order valence-electron chi connectivity index (χ3n) is 2.77. The van der Waals surface area contributed by atoms with E-state index < -0.39 is 11.9 Å². The van der Waals surface area contributed by atoms with E-state index in [1.807, 2.05) is 0 Å². The Labute approximate surface area is 148 Å². The van der Waals surface area contributed by atoms with Crippen LogP contribution in [0.3, 0.4) is 0 Å². The number of aromatic carboxylic acids is 2. The fourth-order valence-corrected chi connectivity index (χ4v) is 1.45. The zero-order chi connectivity index (χ0) is 19.5. The summed E-state index contributed by atoms with van der Waals surface area (Å²) in [4.78, 5) is 20.9. The number of unbranched alkanes of at least 4 members (excludes halogenated alkanes) is 2. The summed E-state index contributed by atoms with van der Waals surface area (Å²) in [7, 11) is 0. The van der Waals surface area contributed by atoms with Crippen molar-refractivity contribution in [1.82, 2.24) is 0 Å². The van der Waals surface area contributed by atoms with E-state index >= 15 is 0 Å². The first-order valence-electron chi connectivity index (χ1n) is 8.31. The van der Waals surface area contributed by atoms with Gasteiger partial charge in [-0.1, -0.05) is 38.8 Å². The molecule has 0 aliphatic carbocycles. The highest BCUT2D eigenvalue weighted by atomic mass is 16.5. The molecule has 144 valence electrons. The molecule has 0 saturated carbocycles. The average molecular weight is 358 g/mol. The Kier molecular flexibility index (Phi) is 18.6. The molecule has 0 aliphatic heterocycles. The van der Waals surface area contributed by atoms with Gasteiger partial charge in [0.25, 0.3) is 0 Å². The molecule has 7 heteroatoms. The highest BCUT2D eigenvalue weighted by Crippen LogP contribution is 2.07. The van der Waals surface area contributed by atoms with Gasteiger partial charge in [0.05, 0.1) is 24.3 Å². The molecule has 0 atom stereocenters. The Bertz CT molecular complexity index is 419. The maximum Gasteiger partial charge on any atom is 0.336 e. The van der Waals surface area contributed by atoms with Crippen molar-refractivity contribution < 1.29 is 34.8 Å². The molecule has 0 radical (unpaired) electrons. The lowest BCUT2D eigenvalue weighted by atomic mass is 10.1. The summed E-state index contributed by atoms with van der Waals surface area (Å²) >= 11 is 0. The molecule has 0 aromatic heterocycles. The molecule has 0 fully saturated rings. The van der Waals surface area contributed by atoms with Crippen LogP contribution >= 0.6 is 0 Å². The lowest BCUT2D eigenvalue weighted by Crippen LogP contribution is -2.06. The van der Waals surface area contributed by atoms with Gasteiger partial charge >= 0.3 is 11.9 Å². The minimum atomic E-state index is -1.23. The number of carboxylic acids is 2. The fourth-order valence-electron chi connectivity index (χ4n) is 1.45. The van der Waals surface area contributed by atoms with Gasteiger partial charge in [-0.2, -0.15) is 0 Å². The van der Waals surface area contributed by atoms with E-state index in [1.54, 1.807) is 0 Å². The van der Waals surface area contributed by atoms with Crippen molar-refractivity contribution in [3.8, 4) is 0 Å². The van der Waals surface area contributed by atoms with E-state index in [0.717, 1.165) is 13.2 Å². The number of benzene rings is 1. The van der Waals surface area contributed by atoms with Gasteiger partial charge < -0.3 is 25.2 Å². The van der Waals surface area contributed by atoms with Gasteiger partial charge in [0.15, 0.2) is 0 Å². The van der Waals surface area contributed by atoms with Crippen molar-refractivity contribution in [2.24, 2.45) is 0 Å². The van der Waals surface area contributed by atoms with Crippen LogP contribution in [0.2, 0.25) is 0 Å². The monoisotopic (exact) mass is 358 g/mol.